The highest BCUT2D eigenvalue weighted by Gasteiger charge is 2.34. The Bertz CT molecular complexity index is 901. The molecule has 0 aliphatic carbocycles. The summed E-state index contributed by atoms with van der Waals surface area (Å²) in [6, 6.07) is 13.3. The second-order valence-electron chi connectivity index (χ2n) is 6.00. The molecule has 7 heteroatoms. The van der Waals surface area contributed by atoms with Crippen LogP contribution in [0.5, 0.6) is 0 Å². The third kappa shape index (κ3) is 3.28. The lowest BCUT2D eigenvalue weighted by Gasteiger charge is -2.22. The first kappa shape index (κ1) is 17.2. The standard InChI is InChI=1S/C18H18N2O4S/c1-19(13-7-9-14(10-8-13)25(2,23)24)11-12-20-17(21)15-5-3-4-6-16(15)18(20)22/h3-10H,11-12H2,1-2H3. The normalized spacial score (nSPS) is 13.9. The van der Waals surface area contributed by atoms with E-state index >= 15 is 0 Å². The molecule has 3 rings (SSSR count). The molecule has 0 aromatic heterocycles. The number of amides is 2. The zero-order chi connectivity index (χ0) is 18.2. The Hall–Kier alpha value is -2.67. The molecule has 0 atom stereocenters. The van der Waals surface area contributed by atoms with E-state index in [-0.39, 0.29) is 23.3 Å². The van der Waals surface area contributed by atoms with E-state index in [4.69, 9.17) is 0 Å². The Morgan fingerprint density at radius 1 is 0.920 bits per heavy atom. The van der Waals surface area contributed by atoms with Crippen LogP contribution >= 0.6 is 0 Å². The molecule has 2 aromatic rings. The van der Waals surface area contributed by atoms with Crippen LogP contribution < -0.4 is 4.90 Å². The summed E-state index contributed by atoms with van der Waals surface area (Å²) in [6.07, 6.45) is 1.16. The number of hydrogen-bond acceptors (Lipinski definition) is 5. The Balaban J connectivity index is 1.68. The molecule has 1 aliphatic heterocycles. The second kappa shape index (κ2) is 6.33. The second-order valence-corrected chi connectivity index (χ2v) is 8.01. The van der Waals surface area contributed by atoms with Gasteiger partial charge in [0, 0.05) is 32.1 Å². The summed E-state index contributed by atoms with van der Waals surface area (Å²) in [4.78, 5) is 28.0. The average Bonchev–Trinajstić information content (AvgIpc) is 2.83. The van der Waals surface area contributed by atoms with Gasteiger partial charge in [0.2, 0.25) is 0 Å². The first-order chi connectivity index (χ1) is 11.8. The van der Waals surface area contributed by atoms with Crippen LogP contribution in [0.1, 0.15) is 20.7 Å². The highest BCUT2D eigenvalue weighted by molar-refractivity contribution is 7.90. The van der Waals surface area contributed by atoms with Crippen molar-refractivity contribution in [2.24, 2.45) is 0 Å². The maximum absolute atomic E-state index is 12.3. The van der Waals surface area contributed by atoms with Gasteiger partial charge in [0.1, 0.15) is 0 Å². The van der Waals surface area contributed by atoms with Gasteiger partial charge in [-0.15, -0.1) is 0 Å². The van der Waals surface area contributed by atoms with Gasteiger partial charge in [-0.25, -0.2) is 8.42 Å². The number of hydrogen-bond donors (Lipinski definition) is 0. The predicted molar refractivity (Wildman–Crippen MR) is 94.6 cm³/mol. The van der Waals surface area contributed by atoms with Crippen molar-refractivity contribution in [1.29, 1.82) is 0 Å². The molecule has 6 nitrogen and oxygen atoms in total. The van der Waals surface area contributed by atoms with Gasteiger partial charge in [0.25, 0.3) is 11.8 Å². The fourth-order valence-electron chi connectivity index (χ4n) is 2.77. The molecular weight excluding hydrogens is 340 g/mol. The molecule has 2 amide bonds. The first-order valence-electron chi connectivity index (χ1n) is 7.75. The van der Waals surface area contributed by atoms with Crippen LogP contribution in [-0.4, -0.2) is 51.5 Å². The molecule has 0 N–H and O–H groups in total. The van der Waals surface area contributed by atoms with E-state index in [9.17, 15) is 18.0 Å². The lowest BCUT2D eigenvalue weighted by molar-refractivity contribution is 0.0658. The average molecular weight is 358 g/mol. The molecule has 0 radical (unpaired) electrons. The van der Waals surface area contributed by atoms with E-state index < -0.39 is 9.84 Å². The minimum absolute atomic E-state index is 0.255. The number of nitrogens with zero attached hydrogens (tertiary/aromatic N) is 2. The van der Waals surface area contributed by atoms with Gasteiger partial charge in [-0.1, -0.05) is 12.1 Å². The molecule has 130 valence electrons. The molecule has 0 fully saturated rings. The third-order valence-corrected chi connectivity index (χ3v) is 5.37. The van der Waals surface area contributed by atoms with E-state index in [1.807, 2.05) is 11.9 Å². The zero-order valence-electron chi connectivity index (χ0n) is 14.0. The van der Waals surface area contributed by atoms with Gasteiger partial charge in [0.05, 0.1) is 16.0 Å². The lowest BCUT2D eigenvalue weighted by Crippen LogP contribution is -2.37. The van der Waals surface area contributed by atoms with Crippen molar-refractivity contribution in [3.8, 4) is 0 Å². The van der Waals surface area contributed by atoms with Crippen LogP contribution in [0.15, 0.2) is 53.4 Å². The third-order valence-electron chi connectivity index (χ3n) is 4.24. The van der Waals surface area contributed by atoms with Crippen LogP contribution in [0.25, 0.3) is 0 Å². The molecule has 1 aliphatic rings. The lowest BCUT2D eigenvalue weighted by atomic mass is 10.1. The van der Waals surface area contributed by atoms with E-state index in [1.54, 1.807) is 48.5 Å². The topological polar surface area (TPSA) is 74.8 Å². The van der Waals surface area contributed by atoms with Crippen molar-refractivity contribution in [3.05, 3.63) is 59.7 Å². The van der Waals surface area contributed by atoms with E-state index in [1.165, 1.54) is 4.90 Å². The summed E-state index contributed by atoms with van der Waals surface area (Å²) in [5, 5.41) is 0. The number of sulfone groups is 1. The number of imide groups is 1. The maximum Gasteiger partial charge on any atom is 0.261 e. The van der Waals surface area contributed by atoms with Crippen molar-refractivity contribution in [2.75, 3.05) is 31.3 Å². The SMILES string of the molecule is CN(CCN1C(=O)c2ccccc2C1=O)c1ccc(S(C)(=O)=O)cc1. The fourth-order valence-corrected chi connectivity index (χ4v) is 3.40. The van der Waals surface area contributed by atoms with Crippen LogP contribution in [0, 0.1) is 0 Å². The van der Waals surface area contributed by atoms with Gasteiger partial charge >= 0.3 is 0 Å². The van der Waals surface area contributed by atoms with Crippen molar-refractivity contribution in [1.82, 2.24) is 4.90 Å². The summed E-state index contributed by atoms with van der Waals surface area (Å²) in [7, 11) is -1.40. The number of benzene rings is 2. The zero-order valence-corrected chi connectivity index (χ0v) is 14.8. The molecule has 0 unspecified atom stereocenters. The molecule has 0 saturated carbocycles. The van der Waals surface area contributed by atoms with Crippen LogP contribution in [0.3, 0.4) is 0 Å². The van der Waals surface area contributed by atoms with E-state index in [2.05, 4.69) is 0 Å². The van der Waals surface area contributed by atoms with Crippen LogP contribution in [0.4, 0.5) is 5.69 Å². The molecule has 2 aromatic carbocycles. The molecule has 1 heterocycles. The van der Waals surface area contributed by atoms with Crippen molar-refractivity contribution in [3.63, 3.8) is 0 Å². The monoisotopic (exact) mass is 358 g/mol. The van der Waals surface area contributed by atoms with Crippen molar-refractivity contribution >= 4 is 27.3 Å². The van der Waals surface area contributed by atoms with Crippen LogP contribution in [0.2, 0.25) is 0 Å². The Morgan fingerprint density at radius 2 is 1.44 bits per heavy atom. The van der Waals surface area contributed by atoms with E-state index in [0.717, 1.165) is 11.9 Å². The number of likely N-dealkylation sites (N-methyl/N-ethyl adjacent to an activating group) is 1. The molecule has 25 heavy (non-hydrogen) atoms. The minimum Gasteiger partial charge on any atom is -0.373 e. The Kier molecular flexibility index (Phi) is 4.34. The predicted octanol–water partition coefficient (Wildman–Crippen LogP) is 1.82. The summed E-state index contributed by atoms with van der Waals surface area (Å²) < 4.78 is 23.0. The van der Waals surface area contributed by atoms with Gasteiger partial charge in [0.15, 0.2) is 9.84 Å². The highest BCUT2D eigenvalue weighted by atomic mass is 32.2. The smallest absolute Gasteiger partial charge is 0.261 e. The number of carbonyl (C=O) groups is 2. The summed E-state index contributed by atoms with van der Waals surface area (Å²) in [6.45, 7) is 0.709. The van der Waals surface area contributed by atoms with Gasteiger partial charge in [-0.2, -0.15) is 0 Å². The summed E-state index contributed by atoms with van der Waals surface area (Å²) in [5.41, 5.74) is 1.68. The Morgan fingerprint density at radius 3 is 1.92 bits per heavy atom. The number of carbonyl (C=O) groups excluding carboxylic acids is 2. The maximum atomic E-state index is 12.3. The minimum atomic E-state index is -3.23. The van der Waals surface area contributed by atoms with Crippen molar-refractivity contribution < 1.29 is 18.0 Å². The molecule has 0 saturated heterocycles. The van der Waals surface area contributed by atoms with Crippen molar-refractivity contribution in [2.45, 2.75) is 4.90 Å². The summed E-state index contributed by atoms with van der Waals surface area (Å²) in [5.74, 6) is -0.553. The first-order valence-corrected chi connectivity index (χ1v) is 9.64. The van der Waals surface area contributed by atoms with Crippen LogP contribution in [-0.2, 0) is 9.84 Å². The Labute approximate surface area is 146 Å². The highest BCUT2D eigenvalue weighted by Crippen LogP contribution is 2.23. The summed E-state index contributed by atoms with van der Waals surface area (Å²) >= 11 is 0. The molecule has 0 spiro atoms. The number of anilines is 1. The molecular formula is C18H18N2O4S. The number of fused-ring (bicyclic) bond motifs is 1. The quantitative estimate of drug-likeness (QED) is 0.762. The van der Waals surface area contributed by atoms with Gasteiger partial charge in [-0.3, -0.25) is 14.5 Å². The largest absolute Gasteiger partial charge is 0.373 e. The molecule has 0 bridgehead atoms. The van der Waals surface area contributed by atoms with E-state index in [0.29, 0.717) is 17.7 Å². The van der Waals surface area contributed by atoms with Gasteiger partial charge in [-0.05, 0) is 36.4 Å². The van der Waals surface area contributed by atoms with Gasteiger partial charge < -0.3 is 4.90 Å². The number of rotatable bonds is 5. The fraction of sp³-hybridized carbons (Fsp3) is 0.222.